The van der Waals surface area contributed by atoms with Crippen LogP contribution < -0.4 is 5.32 Å². The molecule has 0 aromatic heterocycles. The first-order chi connectivity index (χ1) is 8.65. The minimum atomic E-state index is -0.913. The summed E-state index contributed by atoms with van der Waals surface area (Å²) in [6, 6.07) is 14.2. The van der Waals surface area contributed by atoms with Gasteiger partial charge in [-0.15, -0.1) is 0 Å². The predicted octanol–water partition coefficient (Wildman–Crippen LogP) is 3.65. The van der Waals surface area contributed by atoms with Gasteiger partial charge in [-0.05, 0) is 35.9 Å². The maximum atomic E-state index is 10.7. The normalized spacial score (nSPS) is 10.1. The third-order valence-electron chi connectivity index (χ3n) is 2.52. The van der Waals surface area contributed by atoms with E-state index >= 15 is 0 Å². The van der Waals surface area contributed by atoms with Gasteiger partial charge in [0.25, 0.3) is 0 Å². The molecule has 2 N–H and O–H groups in total. The van der Waals surface area contributed by atoms with E-state index in [1.54, 1.807) is 24.3 Å². The fourth-order valence-corrected chi connectivity index (χ4v) is 1.76. The van der Waals surface area contributed by atoms with Gasteiger partial charge in [-0.25, -0.2) is 4.79 Å². The number of carboxylic acids is 1. The van der Waals surface area contributed by atoms with Crippen LogP contribution in [0.25, 0.3) is 0 Å². The number of anilines is 1. The molecular formula is C14H12ClNO2. The van der Waals surface area contributed by atoms with Crippen LogP contribution in [0.15, 0.2) is 48.5 Å². The Balaban J connectivity index is 2.00. The predicted molar refractivity (Wildman–Crippen MR) is 72.2 cm³/mol. The van der Waals surface area contributed by atoms with Crippen LogP contribution in [0.4, 0.5) is 5.69 Å². The zero-order chi connectivity index (χ0) is 13.0. The molecule has 0 saturated heterocycles. The van der Waals surface area contributed by atoms with E-state index in [0.717, 1.165) is 11.3 Å². The number of carboxylic acid groups (broad SMARTS) is 1. The van der Waals surface area contributed by atoms with E-state index in [1.165, 1.54) is 0 Å². The lowest BCUT2D eigenvalue weighted by atomic mass is 10.1. The third-order valence-corrected chi connectivity index (χ3v) is 2.76. The highest BCUT2D eigenvalue weighted by Gasteiger charge is 2.01. The van der Waals surface area contributed by atoms with Crippen molar-refractivity contribution in [2.24, 2.45) is 0 Å². The van der Waals surface area contributed by atoms with Gasteiger partial charge in [0.1, 0.15) is 0 Å². The molecule has 0 amide bonds. The summed E-state index contributed by atoms with van der Waals surface area (Å²) in [4.78, 5) is 10.7. The van der Waals surface area contributed by atoms with Crippen LogP contribution in [0.5, 0.6) is 0 Å². The molecule has 0 spiro atoms. The highest BCUT2D eigenvalue weighted by Crippen LogP contribution is 2.16. The van der Waals surface area contributed by atoms with Gasteiger partial charge >= 0.3 is 5.97 Å². The number of hydrogen-bond acceptors (Lipinski definition) is 2. The highest BCUT2D eigenvalue weighted by atomic mass is 35.5. The minimum absolute atomic E-state index is 0.293. The van der Waals surface area contributed by atoms with E-state index in [4.69, 9.17) is 16.7 Å². The maximum absolute atomic E-state index is 10.7. The lowest BCUT2D eigenvalue weighted by Gasteiger charge is -2.07. The Morgan fingerprint density at radius 1 is 1.17 bits per heavy atom. The first kappa shape index (κ1) is 12.5. The number of halogens is 1. The zero-order valence-corrected chi connectivity index (χ0v) is 10.3. The smallest absolute Gasteiger partial charge is 0.335 e. The van der Waals surface area contributed by atoms with E-state index in [2.05, 4.69) is 5.32 Å². The summed E-state index contributed by atoms with van der Waals surface area (Å²) in [6.07, 6.45) is 0. The molecule has 0 radical (unpaired) electrons. The number of aromatic carboxylic acids is 1. The molecule has 18 heavy (non-hydrogen) atoms. The van der Waals surface area contributed by atoms with Crippen molar-refractivity contribution >= 4 is 23.3 Å². The first-order valence-electron chi connectivity index (χ1n) is 5.47. The van der Waals surface area contributed by atoms with Crippen LogP contribution in [0.2, 0.25) is 5.02 Å². The number of carbonyl (C=O) groups is 1. The van der Waals surface area contributed by atoms with E-state index in [1.807, 2.05) is 24.3 Å². The van der Waals surface area contributed by atoms with Gasteiger partial charge in [-0.3, -0.25) is 0 Å². The fraction of sp³-hybridized carbons (Fsp3) is 0.0714. The Morgan fingerprint density at radius 2 is 1.89 bits per heavy atom. The standard InChI is InChI=1S/C14H12ClNO2/c15-12-2-1-3-13(8-12)16-9-10-4-6-11(7-5-10)14(17)18/h1-8,16H,9H2,(H,17,18). The van der Waals surface area contributed by atoms with Gasteiger partial charge in [0.2, 0.25) is 0 Å². The van der Waals surface area contributed by atoms with Crippen molar-refractivity contribution in [1.29, 1.82) is 0 Å². The molecule has 0 aliphatic heterocycles. The van der Waals surface area contributed by atoms with Crippen molar-refractivity contribution in [1.82, 2.24) is 0 Å². The van der Waals surface area contributed by atoms with Crippen molar-refractivity contribution in [3.05, 3.63) is 64.7 Å². The molecule has 2 aromatic carbocycles. The van der Waals surface area contributed by atoms with Crippen molar-refractivity contribution in [2.75, 3.05) is 5.32 Å². The zero-order valence-electron chi connectivity index (χ0n) is 9.56. The summed E-state index contributed by atoms with van der Waals surface area (Å²) in [5, 5.41) is 12.7. The minimum Gasteiger partial charge on any atom is -0.478 e. The van der Waals surface area contributed by atoms with Crippen LogP contribution in [0.1, 0.15) is 15.9 Å². The number of benzene rings is 2. The van der Waals surface area contributed by atoms with Gasteiger partial charge in [0.05, 0.1) is 5.56 Å². The largest absolute Gasteiger partial charge is 0.478 e. The average molecular weight is 262 g/mol. The Labute approximate surface area is 110 Å². The lowest BCUT2D eigenvalue weighted by molar-refractivity contribution is 0.0697. The van der Waals surface area contributed by atoms with Crippen molar-refractivity contribution in [3.63, 3.8) is 0 Å². The van der Waals surface area contributed by atoms with Gasteiger partial charge in [-0.2, -0.15) is 0 Å². The van der Waals surface area contributed by atoms with Crippen molar-refractivity contribution in [3.8, 4) is 0 Å². The Morgan fingerprint density at radius 3 is 2.50 bits per heavy atom. The molecule has 0 saturated carbocycles. The van der Waals surface area contributed by atoms with E-state index < -0.39 is 5.97 Å². The van der Waals surface area contributed by atoms with Crippen LogP contribution in [-0.2, 0) is 6.54 Å². The van der Waals surface area contributed by atoms with Crippen LogP contribution >= 0.6 is 11.6 Å². The quantitative estimate of drug-likeness (QED) is 0.883. The second-order valence-corrected chi connectivity index (χ2v) is 4.30. The monoisotopic (exact) mass is 261 g/mol. The summed E-state index contributed by atoms with van der Waals surface area (Å²) >= 11 is 5.88. The molecule has 3 nitrogen and oxygen atoms in total. The molecule has 0 atom stereocenters. The van der Waals surface area contributed by atoms with Gasteiger partial charge in [0.15, 0.2) is 0 Å². The summed E-state index contributed by atoms with van der Waals surface area (Å²) in [6.45, 7) is 0.625. The summed E-state index contributed by atoms with van der Waals surface area (Å²) in [5.41, 5.74) is 2.24. The van der Waals surface area contributed by atoms with Gasteiger partial charge < -0.3 is 10.4 Å². The Kier molecular flexibility index (Phi) is 3.85. The topological polar surface area (TPSA) is 49.3 Å². The second kappa shape index (κ2) is 5.56. The molecule has 0 aliphatic rings. The third kappa shape index (κ3) is 3.25. The van der Waals surface area contributed by atoms with E-state index in [9.17, 15) is 4.79 Å². The van der Waals surface area contributed by atoms with Crippen molar-refractivity contribution < 1.29 is 9.90 Å². The molecule has 0 heterocycles. The number of hydrogen-bond donors (Lipinski definition) is 2. The molecule has 0 unspecified atom stereocenters. The van der Waals surface area contributed by atoms with E-state index in [0.29, 0.717) is 17.1 Å². The fourth-order valence-electron chi connectivity index (χ4n) is 1.57. The van der Waals surface area contributed by atoms with Crippen molar-refractivity contribution in [2.45, 2.75) is 6.54 Å². The summed E-state index contributed by atoms with van der Waals surface area (Å²) in [5.74, 6) is -0.913. The average Bonchev–Trinajstić information content (AvgIpc) is 2.37. The molecule has 0 bridgehead atoms. The SMILES string of the molecule is O=C(O)c1ccc(CNc2cccc(Cl)c2)cc1. The molecule has 92 valence electrons. The Bertz CT molecular complexity index is 552. The van der Waals surface area contributed by atoms with Crippen LogP contribution in [0, 0.1) is 0 Å². The van der Waals surface area contributed by atoms with Crippen LogP contribution in [0.3, 0.4) is 0 Å². The first-order valence-corrected chi connectivity index (χ1v) is 5.84. The lowest BCUT2D eigenvalue weighted by Crippen LogP contribution is -2.01. The number of nitrogens with one attached hydrogen (secondary N) is 1. The Hall–Kier alpha value is -2.00. The number of rotatable bonds is 4. The molecule has 4 heteroatoms. The molecule has 2 aromatic rings. The second-order valence-electron chi connectivity index (χ2n) is 3.87. The molecule has 0 aliphatic carbocycles. The van der Waals surface area contributed by atoms with Gasteiger partial charge in [0, 0.05) is 17.3 Å². The maximum Gasteiger partial charge on any atom is 0.335 e. The highest BCUT2D eigenvalue weighted by molar-refractivity contribution is 6.30. The summed E-state index contributed by atoms with van der Waals surface area (Å²) < 4.78 is 0. The summed E-state index contributed by atoms with van der Waals surface area (Å²) in [7, 11) is 0. The molecule has 2 rings (SSSR count). The van der Waals surface area contributed by atoms with Gasteiger partial charge in [-0.1, -0.05) is 29.8 Å². The molecular weight excluding hydrogens is 250 g/mol. The molecule has 0 fully saturated rings. The van der Waals surface area contributed by atoms with Crippen LogP contribution in [-0.4, -0.2) is 11.1 Å². The van der Waals surface area contributed by atoms with E-state index in [-0.39, 0.29) is 0 Å².